The van der Waals surface area contributed by atoms with Gasteiger partial charge in [0, 0.05) is 20.8 Å². The van der Waals surface area contributed by atoms with Gasteiger partial charge in [0.25, 0.3) is 0 Å². The van der Waals surface area contributed by atoms with Crippen molar-refractivity contribution in [3.05, 3.63) is 99.1 Å². The van der Waals surface area contributed by atoms with E-state index in [1.165, 1.54) is 0 Å². The highest BCUT2D eigenvalue weighted by Gasteiger charge is 2.27. The number of rotatable bonds is 6. The van der Waals surface area contributed by atoms with Crippen LogP contribution in [0.3, 0.4) is 0 Å². The molecule has 0 radical (unpaired) electrons. The van der Waals surface area contributed by atoms with Crippen LogP contribution < -0.4 is 4.74 Å². The molecule has 0 amide bonds. The molecule has 29 heavy (non-hydrogen) atoms. The number of ether oxygens (including phenoxy) is 1. The summed E-state index contributed by atoms with van der Waals surface area (Å²) in [5, 5.41) is 13.2. The van der Waals surface area contributed by atoms with Gasteiger partial charge < -0.3 is 9.72 Å². The Labute approximate surface area is 173 Å². The predicted octanol–water partition coefficient (Wildman–Crippen LogP) is 5.91. The van der Waals surface area contributed by atoms with Crippen LogP contribution in [0.25, 0.3) is 22.2 Å². The Morgan fingerprint density at radius 3 is 2.38 bits per heavy atom. The molecule has 0 aliphatic heterocycles. The Bertz CT molecular complexity index is 1150. The molecule has 0 fully saturated rings. The number of halogens is 1. The first-order valence-electron chi connectivity index (χ1n) is 9.19. The molecule has 0 unspecified atom stereocenters. The van der Waals surface area contributed by atoms with Gasteiger partial charge in [0.2, 0.25) is 6.54 Å². The third-order valence-electron chi connectivity index (χ3n) is 5.08. The highest BCUT2D eigenvalue weighted by Crippen LogP contribution is 2.39. The van der Waals surface area contributed by atoms with E-state index >= 15 is 0 Å². The van der Waals surface area contributed by atoms with Gasteiger partial charge in [-0.1, -0.05) is 54.1 Å². The Hall–Kier alpha value is -3.31. The van der Waals surface area contributed by atoms with Crippen LogP contribution in [0, 0.1) is 10.1 Å². The second-order valence-electron chi connectivity index (χ2n) is 6.81. The van der Waals surface area contributed by atoms with E-state index in [9.17, 15) is 10.1 Å². The second-order valence-corrected chi connectivity index (χ2v) is 7.24. The van der Waals surface area contributed by atoms with Crippen molar-refractivity contribution in [3.8, 4) is 17.0 Å². The van der Waals surface area contributed by atoms with Gasteiger partial charge >= 0.3 is 0 Å². The van der Waals surface area contributed by atoms with Crippen molar-refractivity contribution in [1.82, 2.24) is 4.98 Å². The number of benzene rings is 3. The molecule has 4 aromatic rings. The largest absolute Gasteiger partial charge is 0.497 e. The number of methoxy groups -OCH3 is 1. The van der Waals surface area contributed by atoms with Crippen LogP contribution in [-0.2, 0) is 0 Å². The Morgan fingerprint density at radius 1 is 1.03 bits per heavy atom. The van der Waals surface area contributed by atoms with Crippen molar-refractivity contribution >= 4 is 22.5 Å². The fourth-order valence-corrected chi connectivity index (χ4v) is 3.84. The molecule has 0 spiro atoms. The minimum atomic E-state index is -0.419. The number of fused-ring (bicyclic) bond motifs is 1. The maximum atomic E-state index is 11.6. The first kappa shape index (κ1) is 19.0. The molecule has 0 bridgehead atoms. The normalized spacial score (nSPS) is 12.1. The second kappa shape index (κ2) is 7.97. The van der Waals surface area contributed by atoms with Crippen molar-refractivity contribution in [2.24, 2.45) is 0 Å². The standard InChI is InChI=1S/C23H19ClN2O3/c1-29-18-12-8-15(9-13-18)20(14-26(27)28)22-19-4-2-3-5-21(19)25-23(22)16-6-10-17(24)11-7-16/h2-13,20,25H,14H2,1H3/t20-/m0/s1. The van der Waals surface area contributed by atoms with Gasteiger partial charge in [-0.05, 0) is 47.0 Å². The van der Waals surface area contributed by atoms with Gasteiger partial charge in [-0.15, -0.1) is 0 Å². The topological polar surface area (TPSA) is 68.2 Å². The summed E-state index contributed by atoms with van der Waals surface area (Å²) in [7, 11) is 1.60. The minimum absolute atomic E-state index is 0.214. The fourth-order valence-electron chi connectivity index (χ4n) is 3.72. The number of aromatic nitrogens is 1. The smallest absolute Gasteiger partial charge is 0.214 e. The molecule has 0 saturated heterocycles. The SMILES string of the molecule is COc1ccc([C@H](C[N+](=O)[O-])c2c(-c3ccc(Cl)cc3)[nH]c3ccccc23)cc1. The molecule has 0 saturated carbocycles. The van der Waals surface area contributed by atoms with Crippen LogP contribution in [-0.4, -0.2) is 23.6 Å². The number of nitrogens with zero attached hydrogens (tertiary/aromatic N) is 1. The summed E-state index contributed by atoms with van der Waals surface area (Å²) in [6, 6.07) is 22.8. The van der Waals surface area contributed by atoms with Crippen molar-refractivity contribution < 1.29 is 9.66 Å². The van der Waals surface area contributed by atoms with E-state index in [0.29, 0.717) is 10.8 Å². The lowest BCUT2D eigenvalue weighted by Gasteiger charge is -2.16. The molecule has 6 heteroatoms. The molecule has 3 aromatic carbocycles. The van der Waals surface area contributed by atoms with Gasteiger partial charge in [0.15, 0.2) is 0 Å². The monoisotopic (exact) mass is 406 g/mol. The maximum absolute atomic E-state index is 11.6. The first-order valence-corrected chi connectivity index (χ1v) is 9.57. The van der Waals surface area contributed by atoms with Gasteiger partial charge in [-0.3, -0.25) is 10.1 Å². The molecule has 4 rings (SSSR count). The Balaban J connectivity index is 1.95. The number of nitro groups is 1. The lowest BCUT2D eigenvalue weighted by molar-refractivity contribution is -0.481. The Morgan fingerprint density at radius 2 is 1.72 bits per heavy atom. The van der Waals surface area contributed by atoms with E-state index in [0.717, 1.165) is 33.3 Å². The van der Waals surface area contributed by atoms with Crippen molar-refractivity contribution in [1.29, 1.82) is 0 Å². The number of para-hydroxylation sites is 1. The molecule has 5 nitrogen and oxygen atoms in total. The minimum Gasteiger partial charge on any atom is -0.497 e. The van der Waals surface area contributed by atoms with Gasteiger partial charge in [-0.2, -0.15) is 0 Å². The number of hydrogen-bond donors (Lipinski definition) is 1. The highest BCUT2D eigenvalue weighted by molar-refractivity contribution is 6.30. The molecule has 1 N–H and O–H groups in total. The summed E-state index contributed by atoms with van der Waals surface area (Å²) in [5.41, 5.74) is 4.51. The van der Waals surface area contributed by atoms with E-state index in [1.54, 1.807) is 7.11 Å². The lowest BCUT2D eigenvalue weighted by Crippen LogP contribution is -2.14. The van der Waals surface area contributed by atoms with Crippen molar-refractivity contribution in [2.45, 2.75) is 5.92 Å². The number of nitrogens with one attached hydrogen (secondary N) is 1. The quantitative estimate of drug-likeness (QED) is 0.320. The summed E-state index contributed by atoms with van der Waals surface area (Å²) in [6.45, 7) is -0.214. The van der Waals surface area contributed by atoms with Crippen LogP contribution in [0.4, 0.5) is 0 Å². The van der Waals surface area contributed by atoms with Crippen molar-refractivity contribution in [2.75, 3.05) is 13.7 Å². The van der Waals surface area contributed by atoms with E-state index in [-0.39, 0.29) is 11.5 Å². The zero-order chi connectivity index (χ0) is 20.4. The van der Waals surface area contributed by atoms with E-state index in [4.69, 9.17) is 16.3 Å². The summed E-state index contributed by atoms with van der Waals surface area (Å²) in [6.07, 6.45) is 0. The van der Waals surface area contributed by atoms with Gasteiger partial charge in [0.05, 0.1) is 18.7 Å². The molecule has 0 aliphatic rings. The van der Waals surface area contributed by atoms with Gasteiger partial charge in [-0.25, -0.2) is 0 Å². The van der Waals surface area contributed by atoms with Crippen LogP contribution in [0.15, 0.2) is 72.8 Å². The summed E-state index contributed by atoms with van der Waals surface area (Å²) < 4.78 is 5.24. The third kappa shape index (κ3) is 3.82. The Kier molecular flexibility index (Phi) is 5.23. The van der Waals surface area contributed by atoms with E-state index < -0.39 is 5.92 Å². The lowest BCUT2D eigenvalue weighted by atomic mass is 9.87. The van der Waals surface area contributed by atoms with Crippen molar-refractivity contribution in [3.63, 3.8) is 0 Å². The average molecular weight is 407 g/mol. The van der Waals surface area contributed by atoms with Crippen LogP contribution in [0.1, 0.15) is 17.0 Å². The third-order valence-corrected chi connectivity index (χ3v) is 5.33. The first-order chi connectivity index (χ1) is 14.1. The zero-order valence-corrected chi connectivity index (χ0v) is 16.5. The van der Waals surface area contributed by atoms with Gasteiger partial charge in [0.1, 0.15) is 5.75 Å². The summed E-state index contributed by atoms with van der Waals surface area (Å²) in [4.78, 5) is 14.8. The van der Waals surface area contributed by atoms with E-state index in [1.807, 2.05) is 72.8 Å². The molecular weight excluding hydrogens is 388 g/mol. The summed E-state index contributed by atoms with van der Waals surface area (Å²) in [5.74, 6) is 0.295. The number of H-pyrrole nitrogens is 1. The number of aromatic amines is 1. The maximum Gasteiger partial charge on any atom is 0.214 e. The zero-order valence-electron chi connectivity index (χ0n) is 15.8. The van der Waals surface area contributed by atoms with Crippen LogP contribution in [0.2, 0.25) is 5.02 Å². The van der Waals surface area contributed by atoms with Crippen LogP contribution >= 0.6 is 11.6 Å². The molecule has 1 heterocycles. The fraction of sp³-hybridized carbons (Fsp3) is 0.130. The molecule has 1 atom stereocenters. The number of hydrogen-bond acceptors (Lipinski definition) is 3. The predicted molar refractivity (Wildman–Crippen MR) is 115 cm³/mol. The van der Waals surface area contributed by atoms with Crippen LogP contribution in [0.5, 0.6) is 5.75 Å². The molecular formula is C23H19ClN2O3. The average Bonchev–Trinajstić information content (AvgIpc) is 3.12. The molecule has 1 aromatic heterocycles. The summed E-state index contributed by atoms with van der Waals surface area (Å²) >= 11 is 6.06. The highest BCUT2D eigenvalue weighted by atomic mass is 35.5. The molecule has 146 valence electrons. The molecule has 0 aliphatic carbocycles. The van der Waals surface area contributed by atoms with E-state index in [2.05, 4.69) is 4.98 Å².